The second kappa shape index (κ2) is 7.69. The quantitative estimate of drug-likeness (QED) is 0.578. The Labute approximate surface area is 124 Å². The first-order valence-corrected chi connectivity index (χ1v) is 7.27. The molecule has 1 aromatic carbocycles. The zero-order chi connectivity index (χ0) is 15.1. The number of H-pyrrole nitrogens is 1. The highest BCUT2D eigenvalue weighted by atomic mass is 16.5. The number of aromatic amines is 1. The monoisotopic (exact) mass is 290 g/mol. The van der Waals surface area contributed by atoms with Crippen LogP contribution in [0.25, 0.3) is 10.9 Å². The van der Waals surface area contributed by atoms with Gasteiger partial charge in [0.15, 0.2) is 0 Å². The Morgan fingerprint density at radius 2 is 2.10 bits per heavy atom. The van der Waals surface area contributed by atoms with Crippen LogP contribution >= 0.6 is 0 Å². The first kappa shape index (κ1) is 15.4. The van der Waals surface area contributed by atoms with Crippen molar-refractivity contribution in [2.24, 2.45) is 5.73 Å². The lowest BCUT2D eigenvalue weighted by molar-refractivity contribution is -0.141. The van der Waals surface area contributed by atoms with E-state index in [9.17, 15) is 4.79 Å². The van der Waals surface area contributed by atoms with E-state index >= 15 is 0 Å². The number of carbonyl (C=O) groups is 1. The summed E-state index contributed by atoms with van der Waals surface area (Å²) in [7, 11) is 0. The van der Waals surface area contributed by atoms with Gasteiger partial charge in [-0.3, -0.25) is 4.79 Å². The minimum Gasteiger partial charge on any atom is -0.494 e. The highest BCUT2D eigenvalue weighted by Gasteiger charge is 2.04. The Morgan fingerprint density at radius 3 is 2.86 bits per heavy atom. The summed E-state index contributed by atoms with van der Waals surface area (Å²) < 4.78 is 10.6. The topological polar surface area (TPSA) is 77.3 Å². The third-order valence-corrected chi connectivity index (χ3v) is 3.27. The van der Waals surface area contributed by atoms with E-state index in [0.717, 1.165) is 35.9 Å². The van der Waals surface area contributed by atoms with Gasteiger partial charge in [0.05, 0.1) is 13.2 Å². The number of fused-ring (bicyclic) bond motifs is 1. The normalized spacial score (nSPS) is 10.8. The maximum absolute atomic E-state index is 10.6. The Kier molecular flexibility index (Phi) is 5.63. The Morgan fingerprint density at radius 1 is 1.29 bits per heavy atom. The highest BCUT2D eigenvalue weighted by Crippen LogP contribution is 2.24. The third kappa shape index (κ3) is 4.49. The fourth-order valence-electron chi connectivity index (χ4n) is 2.22. The van der Waals surface area contributed by atoms with Crippen molar-refractivity contribution in [1.29, 1.82) is 0 Å². The Bertz CT molecular complexity index is 592. The molecule has 114 valence electrons. The molecular weight excluding hydrogens is 268 g/mol. The van der Waals surface area contributed by atoms with Gasteiger partial charge in [0.1, 0.15) is 5.75 Å². The Balaban J connectivity index is 1.84. The van der Waals surface area contributed by atoms with Crippen LogP contribution in [0.2, 0.25) is 0 Å². The predicted molar refractivity (Wildman–Crippen MR) is 82.4 cm³/mol. The summed E-state index contributed by atoms with van der Waals surface area (Å²) in [6.07, 6.45) is 4.52. The second-order valence-electron chi connectivity index (χ2n) is 4.96. The molecule has 0 unspecified atom stereocenters. The molecule has 0 atom stereocenters. The van der Waals surface area contributed by atoms with E-state index in [1.54, 1.807) is 0 Å². The molecule has 21 heavy (non-hydrogen) atoms. The molecule has 1 heterocycles. The Hall–Kier alpha value is -2.01. The summed E-state index contributed by atoms with van der Waals surface area (Å²) in [6.45, 7) is 3.12. The van der Waals surface area contributed by atoms with Crippen molar-refractivity contribution in [1.82, 2.24) is 4.98 Å². The van der Waals surface area contributed by atoms with Gasteiger partial charge in [0.25, 0.3) is 0 Å². The molecule has 0 saturated carbocycles. The van der Waals surface area contributed by atoms with Crippen LogP contribution in [-0.2, 0) is 16.0 Å². The lowest BCUT2D eigenvalue weighted by Crippen LogP contribution is -2.03. The number of carbonyl (C=O) groups excluding carboxylic acids is 1. The molecule has 5 heteroatoms. The molecule has 2 aromatic rings. The zero-order valence-corrected chi connectivity index (χ0v) is 12.4. The van der Waals surface area contributed by atoms with Gasteiger partial charge >= 0.3 is 5.97 Å². The first-order chi connectivity index (χ1) is 10.2. The van der Waals surface area contributed by atoms with Gasteiger partial charge < -0.3 is 20.2 Å². The van der Waals surface area contributed by atoms with Crippen LogP contribution in [0.1, 0.15) is 25.3 Å². The standard InChI is InChI=1S/C16H22N2O3/c1-12(19)20-8-2-3-9-21-14-4-5-16-15(10-14)13(6-7-17)11-18-16/h4-5,10-11,18H,2-3,6-9,17H2,1H3. The van der Waals surface area contributed by atoms with Gasteiger partial charge in [0.2, 0.25) is 0 Å². The maximum atomic E-state index is 10.6. The van der Waals surface area contributed by atoms with Gasteiger partial charge in [-0.05, 0) is 49.6 Å². The second-order valence-corrected chi connectivity index (χ2v) is 4.96. The van der Waals surface area contributed by atoms with Gasteiger partial charge in [0, 0.05) is 24.0 Å². The molecule has 1 aromatic heterocycles. The van der Waals surface area contributed by atoms with E-state index in [-0.39, 0.29) is 5.97 Å². The number of ether oxygens (including phenoxy) is 2. The van der Waals surface area contributed by atoms with Crippen molar-refractivity contribution >= 4 is 16.9 Å². The minimum atomic E-state index is -0.235. The molecule has 0 aliphatic carbocycles. The third-order valence-electron chi connectivity index (χ3n) is 3.27. The summed E-state index contributed by atoms with van der Waals surface area (Å²) in [4.78, 5) is 13.9. The van der Waals surface area contributed by atoms with Gasteiger partial charge in [-0.15, -0.1) is 0 Å². The van der Waals surface area contributed by atoms with Crippen LogP contribution in [0, 0.1) is 0 Å². The fraction of sp³-hybridized carbons (Fsp3) is 0.438. The van der Waals surface area contributed by atoms with Crippen LogP contribution in [0.3, 0.4) is 0 Å². The first-order valence-electron chi connectivity index (χ1n) is 7.27. The van der Waals surface area contributed by atoms with E-state index in [1.807, 2.05) is 24.4 Å². The lowest BCUT2D eigenvalue weighted by Gasteiger charge is -2.07. The molecule has 0 saturated heterocycles. The molecule has 0 bridgehead atoms. The number of rotatable bonds is 8. The summed E-state index contributed by atoms with van der Waals surface area (Å²) in [6, 6.07) is 6.02. The smallest absolute Gasteiger partial charge is 0.302 e. The predicted octanol–water partition coefficient (Wildman–Crippen LogP) is 2.39. The number of benzene rings is 1. The fourth-order valence-corrected chi connectivity index (χ4v) is 2.22. The molecular formula is C16H22N2O3. The molecule has 3 N–H and O–H groups in total. The van der Waals surface area contributed by atoms with Crippen LogP contribution in [-0.4, -0.2) is 30.7 Å². The number of unbranched alkanes of at least 4 members (excludes halogenated alkanes) is 1. The number of nitrogens with two attached hydrogens (primary N) is 1. The molecule has 0 radical (unpaired) electrons. The number of hydrogen-bond acceptors (Lipinski definition) is 4. The molecule has 5 nitrogen and oxygen atoms in total. The summed E-state index contributed by atoms with van der Waals surface area (Å²) >= 11 is 0. The number of nitrogens with one attached hydrogen (secondary N) is 1. The van der Waals surface area contributed by atoms with Crippen molar-refractivity contribution in [3.8, 4) is 5.75 Å². The molecule has 0 aliphatic heterocycles. The number of esters is 1. The summed E-state index contributed by atoms with van der Waals surface area (Å²) in [5, 5.41) is 1.16. The number of hydrogen-bond donors (Lipinski definition) is 2. The molecule has 2 rings (SSSR count). The van der Waals surface area contributed by atoms with Crippen molar-refractivity contribution in [2.75, 3.05) is 19.8 Å². The maximum Gasteiger partial charge on any atom is 0.302 e. The van der Waals surface area contributed by atoms with Crippen LogP contribution in [0.5, 0.6) is 5.75 Å². The van der Waals surface area contributed by atoms with Gasteiger partial charge in [-0.1, -0.05) is 0 Å². The minimum absolute atomic E-state index is 0.235. The van der Waals surface area contributed by atoms with Gasteiger partial charge in [-0.2, -0.15) is 0 Å². The van der Waals surface area contributed by atoms with E-state index in [0.29, 0.717) is 19.8 Å². The van der Waals surface area contributed by atoms with Crippen LogP contribution in [0.4, 0.5) is 0 Å². The van der Waals surface area contributed by atoms with Crippen molar-refractivity contribution in [2.45, 2.75) is 26.2 Å². The molecule has 0 amide bonds. The average molecular weight is 290 g/mol. The number of aromatic nitrogens is 1. The average Bonchev–Trinajstić information content (AvgIpc) is 2.85. The van der Waals surface area contributed by atoms with E-state index in [4.69, 9.17) is 15.2 Å². The van der Waals surface area contributed by atoms with E-state index in [2.05, 4.69) is 4.98 Å². The molecule has 0 spiro atoms. The zero-order valence-electron chi connectivity index (χ0n) is 12.4. The van der Waals surface area contributed by atoms with Crippen LogP contribution in [0.15, 0.2) is 24.4 Å². The summed E-state index contributed by atoms with van der Waals surface area (Å²) in [5.74, 6) is 0.620. The highest BCUT2D eigenvalue weighted by molar-refractivity contribution is 5.84. The van der Waals surface area contributed by atoms with Crippen molar-refractivity contribution in [3.05, 3.63) is 30.0 Å². The molecule has 0 fully saturated rings. The van der Waals surface area contributed by atoms with Crippen molar-refractivity contribution in [3.63, 3.8) is 0 Å². The van der Waals surface area contributed by atoms with E-state index < -0.39 is 0 Å². The SMILES string of the molecule is CC(=O)OCCCCOc1ccc2[nH]cc(CCN)c2c1. The molecule has 0 aliphatic rings. The van der Waals surface area contributed by atoms with Gasteiger partial charge in [-0.25, -0.2) is 0 Å². The van der Waals surface area contributed by atoms with E-state index in [1.165, 1.54) is 12.5 Å². The summed E-state index contributed by atoms with van der Waals surface area (Å²) in [5.41, 5.74) is 7.93. The van der Waals surface area contributed by atoms with Crippen molar-refractivity contribution < 1.29 is 14.3 Å². The largest absolute Gasteiger partial charge is 0.494 e. The lowest BCUT2D eigenvalue weighted by atomic mass is 10.1. The van der Waals surface area contributed by atoms with Crippen LogP contribution < -0.4 is 10.5 Å².